The minimum absolute atomic E-state index is 0.00224. The van der Waals surface area contributed by atoms with Crippen LogP contribution < -0.4 is 0 Å². The topological polar surface area (TPSA) is 70.6 Å². The quantitative estimate of drug-likeness (QED) is 0.687. The third kappa shape index (κ3) is 4.93. The van der Waals surface area contributed by atoms with E-state index < -0.39 is 9.84 Å². The van der Waals surface area contributed by atoms with Crippen LogP contribution in [0, 0.1) is 12.7 Å². The third-order valence-electron chi connectivity index (χ3n) is 5.66. The van der Waals surface area contributed by atoms with Crippen LogP contribution in [0.1, 0.15) is 36.3 Å². The average Bonchev–Trinajstić information content (AvgIpc) is 3.03. The number of pyridine rings is 1. The summed E-state index contributed by atoms with van der Waals surface area (Å²) >= 11 is 0. The molecule has 0 aliphatic carbocycles. The Hall–Kier alpha value is -2.06. The number of nitrogens with zero attached hydrogens (tertiary/aromatic N) is 3. The van der Waals surface area contributed by atoms with Crippen molar-refractivity contribution in [2.45, 2.75) is 33.2 Å². The van der Waals surface area contributed by atoms with Gasteiger partial charge in [0.2, 0.25) is 0 Å². The molecule has 1 unspecified atom stereocenters. The number of aromatic nitrogens is 1. The van der Waals surface area contributed by atoms with E-state index in [2.05, 4.69) is 23.7 Å². The van der Waals surface area contributed by atoms with Gasteiger partial charge in [0, 0.05) is 30.6 Å². The van der Waals surface area contributed by atoms with Crippen molar-refractivity contribution in [3.05, 3.63) is 41.3 Å². The van der Waals surface area contributed by atoms with E-state index in [0.29, 0.717) is 41.7 Å². The van der Waals surface area contributed by atoms with Crippen molar-refractivity contribution in [3.63, 3.8) is 0 Å². The molecule has 2 heterocycles. The molecule has 0 saturated carbocycles. The molecule has 2 aromatic rings. The van der Waals surface area contributed by atoms with Gasteiger partial charge in [-0.25, -0.2) is 12.8 Å². The van der Waals surface area contributed by atoms with Crippen molar-refractivity contribution in [2.24, 2.45) is 0 Å². The molecular weight excluding hydrogens is 393 g/mol. The molecule has 1 fully saturated rings. The van der Waals surface area contributed by atoms with Gasteiger partial charge in [0.25, 0.3) is 5.91 Å². The van der Waals surface area contributed by atoms with Crippen LogP contribution in [-0.4, -0.2) is 72.8 Å². The molecule has 1 atom stereocenters. The van der Waals surface area contributed by atoms with Crippen LogP contribution in [-0.2, 0) is 9.84 Å². The molecule has 29 heavy (non-hydrogen) atoms. The Morgan fingerprint density at radius 2 is 1.93 bits per heavy atom. The van der Waals surface area contributed by atoms with Crippen LogP contribution in [0.25, 0.3) is 10.9 Å². The predicted octanol–water partition coefficient (Wildman–Crippen LogP) is 2.65. The summed E-state index contributed by atoms with van der Waals surface area (Å²) in [7, 11) is -3.12. The predicted molar refractivity (Wildman–Crippen MR) is 112 cm³/mol. The fourth-order valence-electron chi connectivity index (χ4n) is 3.87. The maximum absolute atomic E-state index is 13.5. The van der Waals surface area contributed by atoms with Crippen LogP contribution in [0.2, 0.25) is 0 Å². The number of carbonyl (C=O) groups is 1. The Morgan fingerprint density at radius 1 is 1.21 bits per heavy atom. The molecule has 0 bridgehead atoms. The number of hydrogen-bond acceptors (Lipinski definition) is 5. The first-order valence-corrected chi connectivity index (χ1v) is 11.9. The molecule has 1 saturated heterocycles. The van der Waals surface area contributed by atoms with E-state index in [4.69, 9.17) is 0 Å². The SMILES string of the molecule is CCN(CC)CCN(C(=O)c1cc2ccc(F)cc2nc1C)C1CCS(=O)(=O)C1. The summed E-state index contributed by atoms with van der Waals surface area (Å²) in [6, 6.07) is 5.70. The highest BCUT2D eigenvalue weighted by Crippen LogP contribution is 2.23. The highest BCUT2D eigenvalue weighted by molar-refractivity contribution is 7.91. The smallest absolute Gasteiger partial charge is 0.256 e. The van der Waals surface area contributed by atoms with Crippen molar-refractivity contribution < 1.29 is 17.6 Å². The summed E-state index contributed by atoms with van der Waals surface area (Å²) in [6.07, 6.45) is 0.456. The standard InChI is InChI=1S/C21H28FN3O3S/c1-4-24(5-2)9-10-25(18-8-11-29(27,28)14-18)21(26)19-12-16-6-7-17(22)13-20(16)23-15(19)3/h6-7,12-13,18H,4-5,8-11,14H2,1-3H3. The highest BCUT2D eigenvalue weighted by atomic mass is 32.2. The van der Waals surface area contributed by atoms with Gasteiger partial charge < -0.3 is 9.80 Å². The van der Waals surface area contributed by atoms with E-state index in [9.17, 15) is 17.6 Å². The number of aryl methyl sites for hydroxylation is 1. The molecule has 3 rings (SSSR count). The van der Waals surface area contributed by atoms with Crippen LogP contribution in [0.15, 0.2) is 24.3 Å². The van der Waals surface area contributed by atoms with Crippen molar-refractivity contribution in [2.75, 3.05) is 37.7 Å². The summed E-state index contributed by atoms with van der Waals surface area (Å²) in [5.74, 6) is -0.473. The lowest BCUT2D eigenvalue weighted by Gasteiger charge is -2.31. The van der Waals surface area contributed by atoms with E-state index >= 15 is 0 Å². The zero-order chi connectivity index (χ0) is 21.2. The zero-order valence-corrected chi connectivity index (χ0v) is 18.0. The average molecular weight is 422 g/mol. The molecule has 158 valence electrons. The van der Waals surface area contributed by atoms with Gasteiger partial charge >= 0.3 is 0 Å². The van der Waals surface area contributed by atoms with E-state index in [1.54, 1.807) is 24.0 Å². The molecule has 8 heteroatoms. The molecule has 1 aromatic heterocycles. The van der Waals surface area contributed by atoms with Crippen molar-refractivity contribution in [1.29, 1.82) is 0 Å². The van der Waals surface area contributed by atoms with E-state index in [1.165, 1.54) is 12.1 Å². The lowest BCUT2D eigenvalue weighted by molar-refractivity contribution is 0.0673. The Kier molecular flexibility index (Phi) is 6.53. The number of rotatable bonds is 7. The second-order valence-electron chi connectivity index (χ2n) is 7.54. The molecule has 0 spiro atoms. The highest BCUT2D eigenvalue weighted by Gasteiger charge is 2.35. The van der Waals surface area contributed by atoms with E-state index in [1.807, 2.05) is 0 Å². The third-order valence-corrected chi connectivity index (χ3v) is 7.41. The first kappa shape index (κ1) is 21.6. The summed E-state index contributed by atoms with van der Waals surface area (Å²) in [5, 5.41) is 0.683. The lowest BCUT2D eigenvalue weighted by atomic mass is 10.1. The summed E-state index contributed by atoms with van der Waals surface area (Å²) in [4.78, 5) is 21.8. The van der Waals surface area contributed by atoms with Gasteiger partial charge in [-0.3, -0.25) is 9.78 Å². The number of hydrogen-bond donors (Lipinski definition) is 0. The van der Waals surface area contributed by atoms with Crippen molar-refractivity contribution in [1.82, 2.24) is 14.8 Å². The fraction of sp³-hybridized carbons (Fsp3) is 0.524. The maximum atomic E-state index is 13.5. The van der Waals surface area contributed by atoms with Crippen molar-refractivity contribution in [3.8, 4) is 0 Å². The molecule has 6 nitrogen and oxygen atoms in total. The fourth-order valence-corrected chi connectivity index (χ4v) is 5.60. The Bertz CT molecular complexity index is 1010. The number of fused-ring (bicyclic) bond motifs is 1. The van der Waals surface area contributed by atoms with Gasteiger partial charge in [-0.15, -0.1) is 0 Å². The summed E-state index contributed by atoms with van der Waals surface area (Å²) < 4.78 is 37.6. The number of carbonyl (C=O) groups excluding carboxylic acids is 1. The molecule has 1 aromatic carbocycles. The first-order chi connectivity index (χ1) is 13.7. The van der Waals surface area contributed by atoms with E-state index in [-0.39, 0.29) is 29.3 Å². The van der Waals surface area contributed by atoms with Gasteiger partial charge in [0.15, 0.2) is 9.84 Å². The lowest BCUT2D eigenvalue weighted by Crippen LogP contribution is -2.45. The molecular formula is C21H28FN3O3S. The summed E-state index contributed by atoms with van der Waals surface area (Å²) in [5.41, 5.74) is 1.45. The number of benzene rings is 1. The molecule has 0 radical (unpaired) electrons. The van der Waals surface area contributed by atoms with E-state index in [0.717, 1.165) is 13.1 Å². The minimum Gasteiger partial charge on any atom is -0.333 e. The minimum atomic E-state index is -3.12. The van der Waals surface area contributed by atoms with Gasteiger partial charge in [0.1, 0.15) is 5.82 Å². The van der Waals surface area contributed by atoms with Gasteiger partial charge in [-0.05, 0) is 44.6 Å². The van der Waals surface area contributed by atoms with Crippen LogP contribution in [0.4, 0.5) is 4.39 Å². The molecule has 0 N–H and O–H groups in total. The largest absolute Gasteiger partial charge is 0.333 e. The van der Waals surface area contributed by atoms with Gasteiger partial charge in [0.05, 0.1) is 28.3 Å². The second-order valence-corrected chi connectivity index (χ2v) is 9.77. The second kappa shape index (κ2) is 8.75. The Labute approximate surface area is 171 Å². The summed E-state index contributed by atoms with van der Waals surface area (Å²) in [6.45, 7) is 8.72. The number of halogens is 1. The zero-order valence-electron chi connectivity index (χ0n) is 17.2. The molecule has 1 amide bonds. The number of sulfone groups is 1. The molecule has 1 aliphatic heterocycles. The number of likely N-dealkylation sites (N-methyl/N-ethyl adjacent to an activating group) is 1. The van der Waals surface area contributed by atoms with Crippen LogP contribution in [0.5, 0.6) is 0 Å². The molecule has 1 aliphatic rings. The normalized spacial score (nSPS) is 18.4. The maximum Gasteiger partial charge on any atom is 0.256 e. The van der Waals surface area contributed by atoms with Crippen LogP contribution in [0.3, 0.4) is 0 Å². The monoisotopic (exact) mass is 421 g/mol. The number of amides is 1. The van der Waals surface area contributed by atoms with Crippen molar-refractivity contribution >= 4 is 26.6 Å². The van der Waals surface area contributed by atoms with Gasteiger partial charge in [-0.2, -0.15) is 0 Å². The Balaban J connectivity index is 1.94. The van der Waals surface area contributed by atoms with Gasteiger partial charge in [-0.1, -0.05) is 13.8 Å². The van der Waals surface area contributed by atoms with Crippen LogP contribution >= 0.6 is 0 Å². The Morgan fingerprint density at radius 3 is 2.55 bits per heavy atom. The first-order valence-electron chi connectivity index (χ1n) is 10.0.